The topological polar surface area (TPSA) is 128 Å². The van der Waals surface area contributed by atoms with Crippen LogP contribution in [0.4, 0.5) is 5.69 Å². The average Bonchev–Trinajstić information content (AvgIpc) is 2.71. The second-order valence-corrected chi connectivity index (χ2v) is 6.19. The first-order valence-corrected chi connectivity index (χ1v) is 8.93. The van der Waals surface area contributed by atoms with Crippen LogP contribution in [0.3, 0.4) is 0 Å². The Bertz CT molecular complexity index is 881. The summed E-state index contributed by atoms with van der Waals surface area (Å²) < 4.78 is 10.4. The number of nitro groups is 1. The van der Waals surface area contributed by atoms with Crippen LogP contribution in [0.2, 0.25) is 0 Å². The summed E-state index contributed by atoms with van der Waals surface area (Å²) in [6, 6.07) is 9.72. The summed E-state index contributed by atoms with van der Waals surface area (Å²) in [5.74, 6) is -1.06. The van der Waals surface area contributed by atoms with E-state index in [-0.39, 0.29) is 23.4 Å². The SMILES string of the molecule is CCCOc1ccc([C@@H](CC(=O)O)NC(=O)c2ccc(OC)c([N+](=O)[O-])c2)cc1. The Kier molecular flexibility index (Phi) is 7.53. The van der Waals surface area contributed by atoms with Crippen LogP contribution in [0.5, 0.6) is 11.5 Å². The predicted octanol–water partition coefficient (Wildman–Crippen LogP) is 3.34. The largest absolute Gasteiger partial charge is 0.494 e. The molecule has 2 aromatic rings. The van der Waals surface area contributed by atoms with Gasteiger partial charge in [0.2, 0.25) is 0 Å². The third-order valence-corrected chi connectivity index (χ3v) is 4.08. The van der Waals surface area contributed by atoms with Crippen molar-refractivity contribution in [3.63, 3.8) is 0 Å². The molecule has 0 aliphatic heterocycles. The average molecular weight is 402 g/mol. The van der Waals surface area contributed by atoms with Gasteiger partial charge in [0.05, 0.1) is 31.1 Å². The van der Waals surface area contributed by atoms with Crippen LogP contribution in [0.25, 0.3) is 0 Å². The molecule has 29 heavy (non-hydrogen) atoms. The Labute approximate surface area is 167 Å². The molecule has 0 heterocycles. The van der Waals surface area contributed by atoms with E-state index in [2.05, 4.69) is 5.32 Å². The molecule has 0 saturated heterocycles. The molecule has 154 valence electrons. The Morgan fingerprint density at radius 3 is 2.45 bits per heavy atom. The molecule has 0 saturated carbocycles. The van der Waals surface area contributed by atoms with Gasteiger partial charge in [-0.25, -0.2) is 0 Å². The highest BCUT2D eigenvalue weighted by molar-refractivity contribution is 5.95. The zero-order valence-electron chi connectivity index (χ0n) is 16.1. The molecule has 0 unspecified atom stereocenters. The fourth-order valence-corrected chi connectivity index (χ4v) is 2.66. The second-order valence-electron chi connectivity index (χ2n) is 6.19. The fourth-order valence-electron chi connectivity index (χ4n) is 2.66. The van der Waals surface area contributed by atoms with Crippen LogP contribution in [-0.2, 0) is 4.79 Å². The van der Waals surface area contributed by atoms with Crippen molar-refractivity contribution < 1.29 is 29.1 Å². The number of aliphatic carboxylic acids is 1. The van der Waals surface area contributed by atoms with Gasteiger partial charge in [-0.3, -0.25) is 19.7 Å². The Hall–Kier alpha value is -3.62. The van der Waals surface area contributed by atoms with E-state index in [0.29, 0.717) is 17.9 Å². The van der Waals surface area contributed by atoms with E-state index >= 15 is 0 Å². The van der Waals surface area contributed by atoms with Crippen molar-refractivity contribution in [2.75, 3.05) is 13.7 Å². The lowest BCUT2D eigenvalue weighted by atomic mass is 10.0. The summed E-state index contributed by atoms with van der Waals surface area (Å²) in [5, 5.41) is 23.0. The minimum Gasteiger partial charge on any atom is -0.494 e. The number of nitrogens with zero attached hydrogens (tertiary/aromatic N) is 1. The number of carboxylic acid groups (broad SMARTS) is 1. The highest BCUT2D eigenvalue weighted by Gasteiger charge is 2.22. The minimum atomic E-state index is -1.10. The van der Waals surface area contributed by atoms with Crippen molar-refractivity contribution in [3.8, 4) is 11.5 Å². The second kappa shape index (κ2) is 10.1. The van der Waals surface area contributed by atoms with E-state index < -0.39 is 22.8 Å². The number of nitrogens with one attached hydrogen (secondary N) is 1. The summed E-state index contributed by atoms with van der Waals surface area (Å²) in [7, 11) is 1.29. The van der Waals surface area contributed by atoms with Crippen LogP contribution in [0.1, 0.15) is 41.7 Å². The maximum atomic E-state index is 12.6. The van der Waals surface area contributed by atoms with Gasteiger partial charge in [0.25, 0.3) is 5.91 Å². The first kappa shape index (κ1) is 21.7. The molecule has 9 nitrogen and oxygen atoms in total. The number of methoxy groups -OCH3 is 1. The van der Waals surface area contributed by atoms with Crippen molar-refractivity contribution in [2.24, 2.45) is 0 Å². The number of amides is 1. The lowest BCUT2D eigenvalue weighted by molar-refractivity contribution is -0.385. The van der Waals surface area contributed by atoms with Crippen LogP contribution < -0.4 is 14.8 Å². The smallest absolute Gasteiger partial charge is 0.311 e. The Morgan fingerprint density at radius 1 is 1.21 bits per heavy atom. The Balaban J connectivity index is 2.23. The normalized spacial score (nSPS) is 11.4. The number of hydrogen-bond acceptors (Lipinski definition) is 6. The van der Waals surface area contributed by atoms with E-state index in [1.54, 1.807) is 24.3 Å². The molecule has 9 heteroatoms. The Morgan fingerprint density at radius 2 is 1.90 bits per heavy atom. The highest BCUT2D eigenvalue weighted by atomic mass is 16.6. The maximum Gasteiger partial charge on any atom is 0.311 e. The van der Waals surface area contributed by atoms with Gasteiger partial charge in [-0.2, -0.15) is 0 Å². The number of nitro benzene ring substituents is 1. The molecule has 1 amide bonds. The number of hydrogen-bond donors (Lipinski definition) is 2. The molecular weight excluding hydrogens is 380 g/mol. The molecule has 0 fully saturated rings. The van der Waals surface area contributed by atoms with E-state index in [1.165, 1.54) is 19.2 Å². The molecule has 2 aromatic carbocycles. The van der Waals surface area contributed by atoms with Crippen molar-refractivity contribution in [1.29, 1.82) is 0 Å². The fraction of sp³-hybridized carbons (Fsp3) is 0.300. The third kappa shape index (κ3) is 5.93. The first-order valence-electron chi connectivity index (χ1n) is 8.93. The minimum absolute atomic E-state index is 0.0239. The van der Waals surface area contributed by atoms with Gasteiger partial charge in [0.15, 0.2) is 5.75 Å². The number of ether oxygens (including phenoxy) is 2. The first-order chi connectivity index (χ1) is 13.8. The summed E-state index contributed by atoms with van der Waals surface area (Å²) in [6.45, 7) is 2.54. The van der Waals surface area contributed by atoms with Gasteiger partial charge in [0, 0.05) is 11.6 Å². The van der Waals surface area contributed by atoms with Crippen molar-refractivity contribution in [3.05, 3.63) is 63.7 Å². The predicted molar refractivity (Wildman–Crippen MR) is 104 cm³/mol. The van der Waals surface area contributed by atoms with Crippen LogP contribution in [0.15, 0.2) is 42.5 Å². The van der Waals surface area contributed by atoms with E-state index in [4.69, 9.17) is 9.47 Å². The molecule has 2 N–H and O–H groups in total. The standard InChI is InChI=1S/C20H22N2O7/c1-3-10-29-15-7-4-13(5-8-15)16(12-19(23)24)21-20(25)14-6-9-18(28-2)17(11-14)22(26)27/h4-9,11,16H,3,10,12H2,1-2H3,(H,21,25)(H,23,24)/t16-/m1/s1. The molecule has 0 aliphatic rings. The maximum absolute atomic E-state index is 12.6. The summed E-state index contributed by atoms with van der Waals surface area (Å²) in [4.78, 5) is 34.4. The quantitative estimate of drug-likeness (QED) is 0.461. The number of carboxylic acids is 1. The molecule has 0 aromatic heterocycles. The lowest BCUT2D eigenvalue weighted by Crippen LogP contribution is -2.30. The molecular formula is C20H22N2O7. The summed E-state index contributed by atoms with van der Waals surface area (Å²) >= 11 is 0. The van der Waals surface area contributed by atoms with Crippen LogP contribution in [-0.4, -0.2) is 35.6 Å². The molecule has 0 radical (unpaired) electrons. The van der Waals surface area contributed by atoms with Crippen LogP contribution >= 0.6 is 0 Å². The lowest BCUT2D eigenvalue weighted by Gasteiger charge is -2.18. The number of carbonyl (C=O) groups is 2. The number of benzene rings is 2. The monoisotopic (exact) mass is 402 g/mol. The van der Waals surface area contributed by atoms with Crippen LogP contribution in [0, 0.1) is 10.1 Å². The van der Waals surface area contributed by atoms with E-state index in [0.717, 1.165) is 12.5 Å². The molecule has 0 aliphatic carbocycles. The molecule has 0 spiro atoms. The number of carbonyl (C=O) groups excluding carboxylic acids is 1. The summed E-state index contributed by atoms with van der Waals surface area (Å²) in [6.07, 6.45) is 0.507. The third-order valence-electron chi connectivity index (χ3n) is 4.08. The van der Waals surface area contributed by atoms with Crippen molar-refractivity contribution >= 4 is 17.6 Å². The van der Waals surface area contributed by atoms with Gasteiger partial charge in [-0.15, -0.1) is 0 Å². The zero-order valence-corrected chi connectivity index (χ0v) is 16.1. The van der Waals surface area contributed by atoms with E-state index in [1.807, 2.05) is 6.92 Å². The van der Waals surface area contributed by atoms with Gasteiger partial charge >= 0.3 is 11.7 Å². The van der Waals surface area contributed by atoms with Gasteiger partial charge in [-0.1, -0.05) is 19.1 Å². The van der Waals surface area contributed by atoms with Gasteiger partial charge in [-0.05, 0) is 36.2 Å². The van der Waals surface area contributed by atoms with Gasteiger partial charge < -0.3 is 19.9 Å². The number of rotatable bonds is 10. The van der Waals surface area contributed by atoms with Gasteiger partial charge in [0.1, 0.15) is 5.75 Å². The van der Waals surface area contributed by atoms with Crippen molar-refractivity contribution in [2.45, 2.75) is 25.8 Å². The molecule has 2 rings (SSSR count). The summed E-state index contributed by atoms with van der Waals surface area (Å²) in [5.41, 5.74) is 0.246. The zero-order chi connectivity index (χ0) is 21.4. The highest BCUT2D eigenvalue weighted by Crippen LogP contribution is 2.28. The van der Waals surface area contributed by atoms with E-state index in [9.17, 15) is 24.8 Å². The molecule has 1 atom stereocenters. The molecule has 0 bridgehead atoms. The van der Waals surface area contributed by atoms with Crippen molar-refractivity contribution in [1.82, 2.24) is 5.32 Å².